The first-order valence-corrected chi connectivity index (χ1v) is 7.95. The maximum atomic E-state index is 12.2. The first-order chi connectivity index (χ1) is 9.88. The maximum absolute atomic E-state index is 12.2. The number of piperidine rings is 1. The van der Waals surface area contributed by atoms with Gasteiger partial charge in [0.1, 0.15) is 0 Å². The smallest absolute Gasteiger partial charge is 0.224 e. The molecular weight excluding hydrogens is 296 g/mol. The molecule has 1 saturated heterocycles. The average molecular weight is 325 g/mol. The van der Waals surface area contributed by atoms with Crippen LogP contribution in [0.5, 0.6) is 0 Å². The second-order valence-corrected chi connectivity index (χ2v) is 7.01. The Labute approximate surface area is 140 Å². The lowest BCUT2D eigenvalue weighted by Crippen LogP contribution is -2.53. The minimum absolute atomic E-state index is 0. The molecule has 1 aromatic rings. The molecule has 0 aromatic heterocycles. The Balaban J connectivity index is 0.00000242. The van der Waals surface area contributed by atoms with Gasteiger partial charge in [-0.2, -0.15) is 0 Å². The molecule has 1 aromatic carbocycles. The minimum atomic E-state index is 0. The summed E-state index contributed by atoms with van der Waals surface area (Å²) in [7, 11) is 0. The van der Waals surface area contributed by atoms with Crippen LogP contribution in [0.3, 0.4) is 0 Å². The van der Waals surface area contributed by atoms with E-state index in [1.165, 1.54) is 24.0 Å². The van der Waals surface area contributed by atoms with E-state index in [4.69, 9.17) is 0 Å². The number of amides is 1. The largest absolute Gasteiger partial charge is 0.354 e. The number of nitrogens with one attached hydrogen (secondary N) is 2. The second kappa shape index (κ2) is 7.98. The molecule has 1 fully saturated rings. The van der Waals surface area contributed by atoms with Gasteiger partial charge >= 0.3 is 0 Å². The summed E-state index contributed by atoms with van der Waals surface area (Å²) in [4.78, 5) is 12.2. The minimum Gasteiger partial charge on any atom is -0.354 e. The van der Waals surface area contributed by atoms with E-state index >= 15 is 0 Å². The Morgan fingerprint density at radius 2 is 2.09 bits per heavy atom. The highest BCUT2D eigenvalue weighted by molar-refractivity contribution is 5.85. The van der Waals surface area contributed by atoms with E-state index in [1.54, 1.807) is 0 Å². The summed E-state index contributed by atoms with van der Waals surface area (Å²) >= 11 is 0. The van der Waals surface area contributed by atoms with Crippen LogP contribution in [-0.2, 0) is 11.2 Å². The predicted molar refractivity (Wildman–Crippen MR) is 94.7 cm³/mol. The maximum Gasteiger partial charge on any atom is 0.224 e. The van der Waals surface area contributed by atoms with Gasteiger partial charge in [0, 0.05) is 12.6 Å². The first kappa shape index (κ1) is 19.0. The molecule has 1 aliphatic rings. The third-order valence-corrected chi connectivity index (χ3v) is 4.69. The van der Waals surface area contributed by atoms with Crippen LogP contribution in [0.1, 0.15) is 43.4 Å². The van der Waals surface area contributed by atoms with Crippen molar-refractivity contribution < 1.29 is 4.79 Å². The van der Waals surface area contributed by atoms with Gasteiger partial charge in [-0.15, -0.1) is 12.4 Å². The molecule has 1 aliphatic heterocycles. The fourth-order valence-electron chi connectivity index (χ4n) is 3.06. The molecule has 1 heterocycles. The van der Waals surface area contributed by atoms with Crippen molar-refractivity contribution in [3.8, 4) is 0 Å². The zero-order chi connectivity index (χ0) is 15.5. The van der Waals surface area contributed by atoms with E-state index in [0.717, 1.165) is 18.7 Å². The van der Waals surface area contributed by atoms with Crippen LogP contribution in [0.25, 0.3) is 0 Å². The summed E-state index contributed by atoms with van der Waals surface area (Å²) in [6.07, 6.45) is 2.91. The first-order valence-electron chi connectivity index (χ1n) is 7.95. The molecule has 0 aliphatic carbocycles. The highest BCUT2D eigenvalue weighted by Gasteiger charge is 2.31. The topological polar surface area (TPSA) is 41.1 Å². The van der Waals surface area contributed by atoms with Crippen LogP contribution < -0.4 is 10.6 Å². The number of hydrogen-bond acceptors (Lipinski definition) is 2. The van der Waals surface area contributed by atoms with Gasteiger partial charge in [0.2, 0.25) is 5.91 Å². The number of aryl methyl sites for hydroxylation is 2. The van der Waals surface area contributed by atoms with Crippen LogP contribution in [0, 0.1) is 19.3 Å². The van der Waals surface area contributed by atoms with Crippen molar-refractivity contribution in [3.63, 3.8) is 0 Å². The molecule has 2 rings (SSSR count). The van der Waals surface area contributed by atoms with Gasteiger partial charge in [0.05, 0.1) is 6.42 Å². The van der Waals surface area contributed by atoms with E-state index in [-0.39, 0.29) is 23.7 Å². The van der Waals surface area contributed by atoms with E-state index in [2.05, 4.69) is 56.5 Å². The highest BCUT2D eigenvalue weighted by Crippen LogP contribution is 2.29. The highest BCUT2D eigenvalue weighted by atomic mass is 35.5. The van der Waals surface area contributed by atoms with Crippen molar-refractivity contribution in [3.05, 3.63) is 34.9 Å². The van der Waals surface area contributed by atoms with Crippen LogP contribution in [0.2, 0.25) is 0 Å². The molecule has 4 heteroatoms. The number of hydrogen-bond donors (Lipinski definition) is 2. The second-order valence-electron chi connectivity index (χ2n) is 7.01. The zero-order valence-corrected chi connectivity index (χ0v) is 15.0. The lowest BCUT2D eigenvalue weighted by atomic mass is 9.77. The Hall–Kier alpha value is -1.06. The van der Waals surface area contributed by atoms with Crippen LogP contribution in [0.4, 0.5) is 0 Å². The third kappa shape index (κ3) is 4.99. The fraction of sp³-hybridized carbons (Fsp3) is 0.611. The Morgan fingerprint density at radius 1 is 1.36 bits per heavy atom. The zero-order valence-electron chi connectivity index (χ0n) is 14.2. The summed E-state index contributed by atoms with van der Waals surface area (Å²) in [5.74, 6) is 0.117. The predicted octanol–water partition coefficient (Wildman–Crippen LogP) is 3.16. The van der Waals surface area contributed by atoms with Gasteiger partial charge in [-0.3, -0.25) is 4.79 Å². The Morgan fingerprint density at radius 3 is 2.77 bits per heavy atom. The van der Waals surface area contributed by atoms with E-state index in [9.17, 15) is 4.79 Å². The summed E-state index contributed by atoms with van der Waals surface area (Å²) in [5.41, 5.74) is 3.78. The van der Waals surface area contributed by atoms with E-state index in [0.29, 0.717) is 12.5 Å². The lowest BCUT2D eigenvalue weighted by Gasteiger charge is -2.39. The SMILES string of the molecule is Cc1ccc(C)c(CC(=O)NCC2NCCCC2(C)C)c1.Cl. The number of carbonyl (C=O) groups is 1. The van der Waals surface area contributed by atoms with Crippen molar-refractivity contribution in [1.29, 1.82) is 0 Å². The van der Waals surface area contributed by atoms with Gasteiger partial charge < -0.3 is 10.6 Å². The normalized spacial score (nSPS) is 20.1. The molecule has 3 nitrogen and oxygen atoms in total. The summed E-state index contributed by atoms with van der Waals surface area (Å²) in [6, 6.07) is 6.65. The molecule has 0 radical (unpaired) electrons. The summed E-state index contributed by atoms with van der Waals surface area (Å²) < 4.78 is 0. The molecule has 2 N–H and O–H groups in total. The number of carbonyl (C=O) groups excluding carboxylic acids is 1. The summed E-state index contributed by atoms with van der Waals surface area (Å²) in [5, 5.41) is 6.64. The fourth-order valence-corrected chi connectivity index (χ4v) is 3.06. The number of halogens is 1. The Bertz CT molecular complexity index is 514. The number of benzene rings is 1. The molecule has 1 atom stereocenters. The molecule has 0 saturated carbocycles. The van der Waals surface area contributed by atoms with Gasteiger partial charge in [-0.25, -0.2) is 0 Å². The average Bonchev–Trinajstić information content (AvgIpc) is 2.41. The molecule has 22 heavy (non-hydrogen) atoms. The van der Waals surface area contributed by atoms with Crippen LogP contribution in [-0.4, -0.2) is 25.0 Å². The molecular formula is C18H29ClN2O. The standard InChI is InChI=1S/C18H28N2O.ClH/c1-13-6-7-14(2)15(10-13)11-17(21)20-12-16-18(3,4)8-5-9-19-16;/h6-7,10,16,19H,5,8-9,11-12H2,1-4H3,(H,20,21);1H. The van der Waals surface area contributed by atoms with Crippen molar-refractivity contribution in [2.45, 2.75) is 53.0 Å². The van der Waals surface area contributed by atoms with Crippen molar-refractivity contribution in [2.75, 3.05) is 13.1 Å². The van der Waals surface area contributed by atoms with E-state index in [1.807, 2.05) is 0 Å². The molecule has 1 amide bonds. The molecule has 1 unspecified atom stereocenters. The molecule has 124 valence electrons. The van der Waals surface area contributed by atoms with Gasteiger partial charge in [0.25, 0.3) is 0 Å². The number of rotatable bonds is 4. The van der Waals surface area contributed by atoms with Gasteiger partial charge in [-0.05, 0) is 49.8 Å². The van der Waals surface area contributed by atoms with Crippen molar-refractivity contribution in [2.24, 2.45) is 5.41 Å². The van der Waals surface area contributed by atoms with Crippen LogP contribution >= 0.6 is 12.4 Å². The van der Waals surface area contributed by atoms with Gasteiger partial charge in [-0.1, -0.05) is 37.6 Å². The van der Waals surface area contributed by atoms with Crippen molar-refractivity contribution in [1.82, 2.24) is 10.6 Å². The van der Waals surface area contributed by atoms with Gasteiger partial charge in [0.15, 0.2) is 0 Å². The van der Waals surface area contributed by atoms with Crippen LogP contribution in [0.15, 0.2) is 18.2 Å². The lowest BCUT2D eigenvalue weighted by molar-refractivity contribution is -0.120. The molecule has 0 spiro atoms. The summed E-state index contributed by atoms with van der Waals surface area (Å²) in [6.45, 7) is 10.5. The third-order valence-electron chi connectivity index (χ3n) is 4.69. The van der Waals surface area contributed by atoms with Crippen molar-refractivity contribution >= 4 is 18.3 Å². The molecule has 0 bridgehead atoms. The Kier molecular flexibility index (Phi) is 6.89. The quantitative estimate of drug-likeness (QED) is 0.893. The monoisotopic (exact) mass is 324 g/mol. The van der Waals surface area contributed by atoms with E-state index < -0.39 is 0 Å².